The van der Waals surface area contributed by atoms with Crippen LogP contribution in [-0.2, 0) is 7.05 Å². The SMILES string of the molecule is Cn1c(-c2cccnc2)nnc1N1CCC[C@@H]1c1cn(-c2cccc(Cl)c2)nn1. The van der Waals surface area contributed by atoms with Gasteiger partial charge in [0.15, 0.2) is 5.82 Å². The number of nitrogens with zero attached hydrogens (tertiary/aromatic N) is 8. The van der Waals surface area contributed by atoms with Gasteiger partial charge in [-0.15, -0.1) is 15.3 Å². The summed E-state index contributed by atoms with van der Waals surface area (Å²) in [6.07, 6.45) is 7.56. The maximum absolute atomic E-state index is 6.11. The Kier molecular flexibility index (Phi) is 4.48. The van der Waals surface area contributed by atoms with Crippen molar-refractivity contribution in [2.45, 2.75) is 18.9 Å². The van der Waals surface area contributed by atoms with Crippen LogP contribution in [0.15, 0.2) is 55.0 Å². The normalized spacial score (nSPS) is 16.5. The van der Waals surface area contributed by atoms with Gasteiger partial charge in [0.1, 0.15) is 5.69 Å². The molecule has 5 rings (SSSR count). The van der Waals surface area contributed by atoms with Crippen molar-refractivity contribution in [2.24, 2.45) is 7.05 Å². The zero-order chi connectivity index (χ0) is 19.8. The van der Waals surface area contributed by atoms with E-state index in [0.717, 1.165) is 48.1 Å². The van der Waals surface area contributed by atoms with Gasteiger partial charge in [-0.25, -0.2) is 4.68 Å². The van der Waals surface area contributed by atoms with Crippen molar-refractivity contribution in [3.63, 3.8) is 0 Å². The largest absolute Gasteiger partial charge is 0.332 e. The van der Waals surface area contributed by atoms with E-state index in [1.54, 1.807) is 17.1 Å². The first-order chi connectivity index (χ1) is 14.2. The maximum Gasteiger partial charge on any atom is 0.227 e. The van der Waals surface area contributed by atoms with Crippen molar-refractivity contribution >= 4 is 17.5 Å². The molecule has 146 valence electrons. The number of aromatic nitrogens is 7. The molecule has 4 heterocycles. The fraction of sp³-hybridized carbons (Fsp3) is 0.250. The molecule has 1 saturated heterocycles. The van der Waals surface area contributed by atoms with Gasteiger partial charge in [-0.05, 0) is 43.2 Å². The number of benzene rings is 1. The van der Waals surface area contributed by atoms with E-state index in [1.165, 1.54) is 0 Å². The molecular weight excluding hydrogens is 388 g/mol. The zero-order valence-corrected chi connectivity index (χ0v) is 16.6. The van der Waals surface area contributed by atoms with Crippen molar-refractivity contribution in [3.05, 3.63) is 65.7 Å². The summed E-state index contributed by atoms with van der Waals surface area (Å²) >= 11 is 6.11. The van der Waals surface area contributed by atoms with Gasteiger partial charge in [-0.3, -0.25) is 9.55 Å². The van der Waals surface area contributed by atoms with Crippen molar-refractivity contribution in [1.29, 1.82) is 0 Å². The minimum Gasteiger partial charge on any atom is -0.332 e. The molecular formula is C20H19ClN8. The van der Waals surface area contributed by atoms with Crippen LogP contribution in [0.4, 0.5) is 5.95 Å². The van der Waals surface area contributed by atoms with E-state index in [4.69, 9.17) is 11.6 Å². The molecule has 1 fully saturated rings. The fourth-order valence-corrected chi connectivity index (χ4v) is 3.99. The minimum atomic E-state index is 0.104. The van der Waals surface area contributed by atoms with E-state index in [2.05, 4.69) is 30.4 Å². The standard InChI is InChI=1S/C20H19ClN8/c1-27-19(14-5-3-9-22-12-14)24-25-20(27)28-10-4-8-18(28)17-13-29(26-23-17)16-7-2-6-15(21)11-16/h2-3,5-7,9,11-13,18H,4,8,10H2,1H3/t18-/m1/s1. The second-order valence-corrected chi connectivity index (χ2v) is 7.48. The summed E-state index contributed by atoms with van der Waals surface area (Å²) in [7, 11) is 1.98. The van der Waals surface area contributed by atoms with Gasteiger partial charge in [-0.2, -0.15) is 0 Å². The highest BCUT2D eigenvalue weighted by atomic mass is 35.5. The van der Waals surface area contributed by atoms with Crippen LogP contribution in [0.3, 0.4) is 0 Å². The van der Waals surface area contributed by atoms with E-state index < -0.39 is 0 Å². The molecule has 1 aliphatic rings. The molecule has 1 aromatic carbocycles. The van der Waals surface area contributed by atoms with Gasteiger partial charge in [0.2, 0.25) is 5.95 Å². The van der Waals surface area contributed by atoms with Gasteiger partial charge in [-0.1, -0.05) is 22.9 Å². The lowest BCUT2D eigenvalue weighted by molar-refractivity contribution is 0.662. The van der Waals surface area contributed by atoms with Crippen LogP contribution in [-0.4, -0.2) is 41.3 Å². The summed E-state index contributed by atoms with van der Waals surface area (Å²) in [4.78, 5) is 6.43. The third-order valence-corrected chi connectivity index (χ3v) is 5.44. The second-order valence-electron chi connectivity index (χ2n) is 7.04. The Balaban J connectivity index is 1.45. The Labute approximate surface area is 172 Å². The average molecular weight is 407 g/mol. The van der Waals surface area contributed by atoms with Crippen LogP contribution in [0.1, 0.15) is 24.6 Å². The van der Waals surface area contributed by atoms with Crippen LogP contribution in [0.25, 0.3) is 17.1 Å². The highest BCUT2D eigenvalue weighted by Crippen LogP contribution is 2.35. The first kappa shape index (κ1) is 17.8. The third kappa shape index (κ3) is 3.25. The van der Waals surface area contributed by atoms with Crippen LogP contribution < -0.4 is 4.90 Å². The van der Waals surface area contributed by atoms with Crippen LogP contribution in [0, 0.1) is 0 Å². The molecule has 1 atom stereocenters. The number of pyridine rings is 1. The first-order valence-electron chi connectivity index (χ1n) is 9.45. The monoisotopic (exact) mass is 406 g/mol. The quantitative estimate of drug-likeness (QED) is 0.516. The lowest BCUT2D eigenvalue weighted by atomic mass is 10.1. The summed E-state index contributed by atoms with van der Waals surface area (Å²) < 4.78 is 3.77. The lowest BCUT2D eigenvalue weighted by Gasteiger charge is -2.23. The number of hydrogen-bond donors (Lipinski definition) is 0. The third-order valence-electron chi connectivity index (χ3n) is 5.21. The Bertz CT molecular complexity index is 1140. The van der Waals surface area contributed by atoms with E-state index in [9.17, 15) is 0 Å². The molecule has 0 amide bonds. The van der Waals surface area contributed by atoms with E-state index in [1.807, 2.05) is 54.2 Å². The topological polar surface area (TPSA) is 77.5 Å². The number of rotatable bonds is 4. The molecule has 1 aliphatic heterocycles. The molecule has 0 aliphatic carbocycles. The number of anilines is 1. The van der Waals surface area contributed by atoms with E-state index in [0.29, 0.717) is 5.02 Å². The molecule has 0 saturated carbocycles. The number of halogens is 1. The van der Waals surface area contributed by atoms with Crippen LogP contribution in [0.2, 0.25) is 5.02 Å². The molecule has 4 aromatic rings. The van der Waals surface area contributed by atoms with Crippen LogP contribution in [0.5, 0.6) is 0 Å². The van der Waals surface area contributed by atoms with Gasteiger partial charge in [0.05, 0.1) is 17.9 Å². The predicted octanol–water partition coefficient (Wildman–Crippen LogP) is 3.45. The molecule has 3 aromatic heterocycles. The van der Waals surface area contributed by atoms with Crippen molar-refractivity contribution in [3.8, 4) is 17.1 Å². The van der Waals surface area contributed by atoms with Gasteiger partial charge in [0.25, 0.3) is 0 Å². The van der Waals surface area contributed by atoms with Crippen molar-refractivity contribution in [2.75, 3.05) is 11.4 Å². The Morgan fingerprint density at radius 3 is 2.86 bits per heavy atom. The van der Waals surface area contributed by atoms with Gasteiger partial charge < -0.3 is 4.90 Å². The second kappa shape index (κ2) is 7.29. The Morgan fingerprint density at radius 2 is 2.03 bits per heavy atom. The first-order valence-corrected chi connectivity index (χ1v) is 9.83. The van der Waals surface area contributed by atoms with Crippen molar-refractivity contribution < 1.29 is 0 Å². The fourth-order valence-electron chi connectivity index (χ4n) is 3.81. The molecule has 0 spiro atoms. The summed E-state index contributed by atoms with van der Waals surface area (Å²) in [5, 5.41) is 18.3. The summed E-state index contributed by atoms with van der Waals surface area (Å²) in [5.41, 5.74) is 2.74. The van der Waals surface area contributed by atoms with E-state index in [-0.39, 0.29) is 6.04 Å². The van der Waals surface area contributed by atoms with Crippen molar-refractivity contribution in [1.82, 2.24) is 34.7 Å². The molecule has 0 bridgehead atoms. The summed E-state index contributed by atoms with van der Waals surface area (Å²) in [5.74, 6) is 1.62. The summed E-state index contributed by atoms with van der Waals surface area (Å²) in [6.45, 7) is 0.897. The Hall–Kier alpha value is -3.26. The Morgan fingerprint density at radius 1 is 1.10 bits per heavy atom. The average Bonchev–Trinajstić information content (AvgIpc) is 3.47. The van der Waals surface area contributed by atoms with Gasteiger partial charge in [0, 0.05) is 36.6 Å². The minimum absolute atomic E-state index is 0.104. The van der Waals surface area contributed by atoms with Gasteiger partial charge >= 0.3 is 0 Å². The summed E-state index contributed by atoms with van der Waals surface area (Å²) in [6, 6.07) is 11.6. The smallest absolute Gasteiger partial charge is 0.227 e. The maximum atomic E-state index is 6.11. The van der Waals surface area contributed by atoms with E-state index >= 15 is 0 Å². The predicted molar refractivity (Wildman–Crippen MR) is 110 cm³/mol. The molecule has 0 N–H and O–H groups in total. The zero-order valence-electron chi connectivity index (χ0n) is 15.9. The highest BCUT2D eigenvalue weighted by molar-refractivity contribution is 6.30. The molecule has 8 nitrogen and oxygen atoms in total. The molecule has 0 radical (unpaired) electrons. The molecule has 0 unspecified atom stereocenters. The van der Waals surface area contributed by atoms with Crippen LogP contribution >= 0.6 is 11.6 Å². The highest BCUT2D eigenvalue weighted by Gasteiger charge is 2.32. The molecule has 29 heavy (non-hydrogen) atoms. The molecule has 9 heteroatoms. The number of hydrogen-bond acceptors (Lipinski definition) is 6. The lowest BCUT2D eigenvalue weighted by Crippen LogP contribution is -2.25.